The van der Waals surface area contributed by atoms with Crippen LogP contribution < -0.4 is 10.2 Å². The van der Waals surface area contributed by atoms with Crippen molar-refractivity contribution >= 4 is 33.0 Å². The predicted molar refractivity (Wildman–Crippen MR) is 105 cm³/mol. The van der Waals surface area contributed by atoms with Crippen LogP contribution in [0.2, 0.25) is 0 Å². The van der Waals surface area contributed by atoms with Gasteiger partial charge in [0.2, 0.25) is 5.91 Å². The van der Waals surface area contributed by atoms with Gasteiger partial charge in [-0.05, 0) is 56.7 Å². The Bertz CT molecular complexity index is 966. The Balaban J connectivity index is 1.81. The Hall–Kier alpha value is -2.67. The first-order valence-electron chi connectivity index (χ1n) is 8.85. The van der Waals surface area contributed by atoms with Crippen LogP contribution in [0.1, 0.15) is 37.0 Å². The van der Waals surface area contributed by atoms with E-state index in [0.29, 0.717) is 18.7 Å². The molecule has 0 aliphatic carbocycles. The van der Waals surface area contributed by atoms with Crippen molar-refractivity contribution in [3.63, 3.8) is 0 Å². The summed E-state index contributed by atoms with van der Waals surface area (Å²) >= 11 is 0. The molecule has 1 heterocycles. The number of hydrogen-bond acceptors (Lipinski definition) is 4. The summed E-state index contributed by atoms with van der Waals surface area (Å²) in [5.74, 6) is -0.389. The highest BCUT2D eigenvalue weighted by Crippen LogP contribution is 2.25. The summed E-state index contributed by atoms with van der Waals surface area (Å²) in [5.41, 5.74) is 1.44. The van der Waals surface area contributed by atoms with Gasteiger partial charge in [-0.3, -0.25) is 9.59 Å². The van der Waals surface area contributed by atoms with Gasteiger partial charge in [0.15, 0.2) is 9.84 Å². The molecule has 1 aliphatic rings. The largest absolute Gasteiger partial charge is 0.322 e. The molecule has 2 amide bonds. The lowest BCUT2D eigenvalue weighted by molar-refractivity contribution is -0.117. The number of anilines is 2. The number of rotatable bonds is 5. The average molecular weight is 386 g/mol. The molecule has 1 saturated heterocycles. The van der Waals surface area contributed by atoms with Crippen LogP contribution in [0, 0.1) is 0 Å². The molecule has 7 heteroatoms. The topological polar surface area (TPSA) is 83.6 Å². The first kappa shape index (κ1) is 19.1. The fourth-order valence-corrected chi connectivity index (χ4v) is 4.24. The summed E-state index contributed by atoms with van der Waals surface area (Å²) in [6.07, 6.45) is 1.40. The maximum Gasteiger partial charge on any atom is 0.256 e. The number of hydrogen-bond donors (Lipinski definition) is 1. The van der Waals surface area contributed by atoms with Crippen molar-refractivity contribution in [1.29, 1.82) is 0 Å². The van der Waals surface area contributed by atoms with Gasteiger partial charge in [-0.2, -0.15) is 0 Å². The second-order valence-electron chi connectivity index (χ2n) is 6.74. The minimum atomic E-state index is -3.57. The van der Waals surface area contributed by atoms with Crippen molar-refractivity contribution in [3.8, 4) is 0 Å². The predicted octanol–water partition coefficient (Wildman–Crippen LogP) is 3.25. The van der Waals surface area contributed by atoms with E-state index >= 15 is 0 Å². The number of carbonyl (C=O) groups excluding carboxylic acids is 2. The van der Waals surface area contributed by atoms with Crippen LogP contribution in [0.25, 0.3) is 0 Å². The molecule has 0 spiro atoms. The lowest BCUT2D eigenvalue weighted by atomic mass is 10.2. The second-order valence-corrected chi connectivity index (χ2v) is 9.21. The van der Waals surface area contributed by atoms with Crippen LogP contribution in [-0.2, 0) is 14.6 Å². The molecule has 1 aliphatic heterocycles. The van der Waals surface area contributed by atoms with Gasteiger partial charge >= 0.3 is 0 Å². The van der Waals surface area contributed by atoms with Crippen LogP contribution in [0.15, 0.2) is 53.4 Å². The Morgan fingerprint density at radius 1 is 1.07 bits per heavy atom. The lowest BCUT2D eigenvalue weighted by Crippen LogP contribution is -2.23. The van der Waals surface area contributed by atoms with E-state index in [0.717, 1.165) is 12.1 Å². The number of benzene rings is 2. The molecular formula is C20H22N2O4S. The standard InChI is InChI=1S/C20H22N2O4S/c1-14(2)27(25,26)18-7-4-3-6-17(18)20(24)21-15-9-11-16(12-10-15)22-13-5-8-19(22)23/h3-4,6-7,9-12,14H,5,8,13H2,1-2H3,(H,21,24). The average Bonchev–Trinajstić information content (AvgIpc) is 3.08. The molecule has 1 N–H and O–H groups in total. The summed E-state index contributed by atoms with van der Waals surface area (Å²) in [7, 11) is -3.57. The van der Waals surface area contributed by atoms with Gasteiger partial charge in [0.1, 0.15) is 0 Å². The number of carbonyl (C=O) groups is 2. The Morgan fingerprint density at radius 3 is 2.33 bits per heavy atom. The first-order chi connectivity index (χ1) is 12.8. The Morgan fingerprint density at radius 2 is 1.74 bits per heavy atom. The Labute approximate surface area is 159 Å². The van der Waals surface area contributed by atoms with Crippen molar-refractivity contribution in [2.75, 3.05) is 16.8 Å². The fourth-order valence-electron chi connectivity index (χ4n) is 3.00. The van der Waals surface area contributed by atoms with Gasteiger partial charge in [-0.15, -0.1) is 0 Å². The van der Waals surface area contributed by atoms with E-state index in [-0.39, 0.29) is 16.4 Å². The molecule has 6 nitrogen and oxygen atoms in total. The highest BCUT2D eigenvalue weighted by molar-refractivity contribution is 7.92. The fraction of sp³-hybridized carbons (Fsp3) is 0.300. The van der Waals surface area contributed by atoms with Gasteiger partial charge in [0.05, 0.1) is 15.7 Å². The zero-order chi connectivity index (χ0) is 19.6. The maximum absolute atomic E-state index is 12.7. The van der Waals surface area contributed by atoms with E-state index in [2.05, 4.69) is 5.32 Å². The molecule has 142 valence electrons. The molecule has 2 aromatic carbocycles. The summed E-state index contributed by atoms with van der Waals surface area (Å²) in [5, 5.41) is 2.11. The molecule has 3 rings (SSSR count). The monoisotopic (exact) mass is 386 g/mol. The molecule has 0 saturated carbocycles. The van der Waals surface area contributed by atoms with Crippen molar-refractivity contribution in [1.82, 2.24) is 0 Å². The number of sulfone groups is 1. The van der Waals surface area contributed by atoms with E-state index in [1.807, 2.05) is 0 Å². The van der Waals surface area contributed by atoms with E-state index < -0.39 is 21.0 Å². The van der Waals surface area contributed by atoms with E-state index in [9.17, 15) is 18.0 Å². The van der Waals surface area contributed by atoms with Crippen LogP contribution >= 0.6 is 0 Å². The lowest BCUT2D eigenvalue weighted by Gasteiger charge is -2.16. The van der Waals surface area contributed by atoms with Crippen molar-refractivity contribution in [2.24, 2.45) is 0 Å². The minimum Gasteiger partial charge on any atom is -0.322 e. The molecule has 27 heavy (non-hydrogen) atoms. The third-order valence-corrected chi connectivity index (χ3v) is 6.78. The number of nitrogens with zero attached hydrogens (tertiary/aromatic N) is 1. The third kappa shape index (κ3) is 3.88. The van der Waals surface area contributed by atoms with Crippen molar-refractivity contribution in [3.05, 3.63) is 54.1 Å². The number of nitrogens with one attached hydrogen (secondary N) is 1. The zero-order valence-electron chi connectivity index (χ0n) is 15.3. The van der Waals surface area contributed by atoms with Crippen molar-refractivity contribution in [2.45, 2.75) is 36.8 Å². The van der Waals surface area contributed by atoms with Gasteiger partial charge in [-0.1, -0.05) is 12.1 Å². The van der Waals surface area contributed by atoms with E-state index in [1.54, 1.807) is 55.1 Å². The zero-order valence-corrected chi connectivity index (χ0v) is 16.1. The summed E-state index contributed by atoms with van der Waals surface area (Å²) in [4.78, 5) is 26.2. The van der Waals surface area contributed by atoms with E-state index in [1.165, 1.54) is 12.1 Å². The maximum atomic E-state index is 12.7. The molecule has 2 aromatic rings. The third-order valence-electron chi connectivity index (χ3n) is 4.57. The molecule has 0 unspecified atom stereocenters. The highest BCUT2D eigenvalue weighted by atomic mass is 32.2. The van der Waals surface area contributed by atoms with Gasteiger partial charge in [0, 0.05) is 24.3 Å². The van der Waals surface area contributed by atoms with Crippen LogP contribution in [-0.4, -0.2) is 32.0 Å². The highest BCUT2D eigenvalue weighted by Gasteiger charge is 2.25. The molecule has 0 atom stereocenters. The summed E-state index contributed by atoms with van der Waals surface area (Å²) < 4.78 is 25.0. The van der Waals surface area contributed by atoms with Crippen LogP contribution in [0.4, 0.5) is 11.4 Å². The first-order valence-corrected chi connectivity index (χ1v) is 10.4. The van der Waals surface area contributed by atoms with Crippen molar-refractivity contribution < 1.29 is 18.0 Å². The smallest absolute Gasteiger partial charge is 0.256 e. The van der Waals surface area contributed by atoms with Crippen LogP contribution in [0.5, 0.6) is 0 Å². The van der Waals surface area contributed by atoms with Gasteiger partial charge < -0.3 is 10.2 Å². The summed E-state index contributed by atoms with van der Waals surface area (Å²) in [6.45, 7) is 3.87. The normalized spacial score (nSPS) is 14.6. The van der Waals surface area contributed by atoms with Gasteiger partial charge in [-0.25, -0.2) is 8.42 Å². The van der Waals surface area contributed by atoms with E-state index in [4.69, 9.17) is 0 Å². The molecular weight excluding hydrogens is 364 g/mol. The Kier molecular flexibility index (Phi) is 5.32. The van der Waals surface area contributed by atoms with Gasteiger partial charge in [0.25, 0.3) is 5.91 Å². The molecule has 0 radical (unpaired) electrons. The number of amides is 2. The SMILES string of the molecule is CC(C)S(=O)(=O)c1ccccc1C(=O)Nc1ccc(N2CCCC2=O)cc1. The second kappa shape index (κ2) is 7.52. The molecule has 0 bridgehead atoms. The van der Waals surface area contributed by atoms with Crippen LogP contribution in [0.3, 0.4) is 0 Å². The summed E-state index contributed by atoms with van der Waals surface area (Å²) in [6, 6.07) is 13.2. The molecule has 0 aromatic heterocycles. The minimum absolute atomic E-state index is 0.0248. The molecule has 1 fully saturated rings. The quantitative estimate of drug-likeness (QED) is 0.855.